The lowest BCUT2D eigenvalue weighted by molar-refractivity contribution is -0.139. The van der Waals surface area contributed by atoms with E-state index < -0.39 is 5.97 Å². The largest absolute Gasteiger partial charge is 0.481 e. The second kappa shape index (κ2) is 2.49. The van der Waals surface area contributed by atoms with Crippen molar-refractivity contribution in [3.05, 3.63) is 34.3 Å². The van der Waals surface area contributed by atoms with Crippen LogP contribution in [0.5, 0.6) is 0 Å². The molecule has 0 radical (unpaired) electrons. The molecule has 0 heterocycles. The third-order valence-corrected chi connectivity index (χ3v) is 2.59. The van der Waals surface area contributed by atoms with Crippen molar-refractivity contribution in [2.45, 2.75) is 12.3 Å². The second-order valence-corrected chi connectivity index (χ2v) is 3.31. The molecule has 0 amide bonds. The van der Waals surface area contributed by atoms with Crippen LogP contribution in [0.15, 0.2) is 18.2 Å². The monoisotopic (exact) mass is 182 g/mol. The van der Waals surface area contributed by atoms with Gasteiger partial charge in [0.2, 0.25) is 0 Å². The van der Waals surface area contributed by atoms with Gasteiger partial charge in [-0.2, -0.15) is 0 Å². The molecule has 1 aliphatic rings. The number of benzene rings is 1. The van der Waals surface area contributed by atoms with Crippen molar-refractivity contribution in [3.8, 4) is 0 Å². The molecule has 12 heavy (non-hydrogen) atoms. The van der Waals surface area contributed by atoms with Crippen molar-refractivity contribution in [2.75, 3.05) is 0 Å². The average Bonchev–Trinajstić information content (AvgIpc) is 1.92. The SMILES string of the molecule is O=C(O)[C@@H]1Cc2c(Cl)cccc21. The zero-order chi connectivity index (χ0) is 8.72. The quantitative estimate of drug-likeness (QED) is 0.722. The molecule has 0 unspecified atom stereocenters. The molecule has 0 spiro atoms. The maximum atomic E-state index is 10.6. The van der Waals surface area contributed by atoms with Crippen LogP contribution in [0.1, 0.15) is 17.0 Å². The minimum Gasteiger partial charge on any atom is -0.481 e. The Labute approximate surface area is 74.8 Å². The van der Waals surface area contributed by atoms with Gasteiger partial charge in [-0.25, -0.2) is 0 Å². The van der Waals surface area contributed by atoms with Crippen molar-refractivity contribution in [3.63, 3.8) is 0 Å². The fourth-order valence-electron chi connectivity index (χ4n) is 1.52. The highest BCUT2D eigenvalue weighted by Crippen LogP contribution is 2.39. The van der Waals surface area contributed by atoms with E-state index in [9.17, 15) is 4.79 Å². The van der Waals surface area contributed by atoms with Crippen molar-refractivity contribution < 1.29 is 9.90 Å². The van der Waals surface area contributed by atoms with Crippen LogP contribution >= 0.6 is 11.6 Å². The number of carboxylic acid groups (broad SMARTS) is 1. The van der Waals surface area contributed by atoms with E-state index in [1.54, 1.807) is 12.1 Å². The summed E-state index contributed by atoms with van der Waals surface area (Å²) in [5.41, 5.74) is 1.86. The normalized spacial score (nSPS) is 19.6. The summed E-state index contributed by atoms with van der Waals surface area (Å²) in [4.78, 5) is 10.6. The van der Waals surface area contributed by atoms with Crippen LogP contribution in [0, 0.1) is 0 Å². The zero-order valence-corrected chi connectivity index (χ0v) is 7.01. The van der Waals surface area contributed by atoms with Crippen LogP contribution in [0.2, 0.25) is 5.02 Å². The van der Waals surface area contributed by atoms with Gasteiger partial charge in [-0.05, 0) is 23.6 Å². The van der Waals surface area contributed by atoms with E-state index in [1.807, 2.05) is 6.07 Å². The van der Waals surface area contributed by atoms with Gasteiger partial charge in [-0.15, -0.1) is 0 Å². The van der Waals surface area contributed by atoms with E-state index in [1.165, 1.54) is 0 Å². The summed E-state index contributed by atoms with van der Waals surface area (Å²) in [5.74, 6) is -1.09. The number of carbonyl (C=O) groups is 1. The van der Waals surface area contributed by atoms with Gasteiger partial charge >= 0.3 is 5.97 Å². The summed E-state index contributed by atoms with van der Waals surface area (Å²) in [6.07, 6.45) is 0.574. The summed E-state index contributed by atoms with van der Waals surface area (Å²) in [6, 6.07) is 5.40. The molecule has 0 aromatic heterocycles. The Morgan fingerprint density at radius 2 is 2.33 bits per heavy atom. The fraction of sp³-hybridized carbons (Fsp3) is 0.222. The summed E-state index contributed by atoms with van der Waals surface area (Å²) in [5, 5.41) is 9.41. The Balaban J connectivity index is 2.42. The van der Waals surface area contributed by atoms with Crippen molar-refractivity contribution in [1.82, 2.24) is 0 Å². The first-order chi connectivity index (χ1) is 5.70. The van der Waals surface area contributed by atoms with Crippen molar-refractivity contribution >= 4 is 17.6 Å². The first kappa shape index (κ1) is 7.62. The van der Waals surface area contributed by atoms with Gasteiger partial charge in [-0.3, -0.25) is 4.79 Å². The molecular weight excluding hydrogens is 176 g/mol. The predicted molar refractivity (Wildman–Crippen MR) is 45.5 cm³/mol. The standard InChI is InChI=1S/C9H7ClO2/c10-8-3-1-2-5-6(8)4-7(5)9(11)12/h1-3,7H,4H2,(H,11,12)/t7-/m1/s1. The maximum Gasteiger partial charge on any atom is 0.311 e. The van der Waals surface area contributed by atoms with Crippen LogP contribution in [-0.4, -0.2) is 11.1 Å². The van der Waals surface area contributed by atoms with Gasteiger partial charge in [0.05, 0.1) is 5.92 Å². The number of aliphatic carboxylic acids is 1. The van der Waals surface area contributed by atoms with Gasteiger partial charge in [0.1, 0.15) is 0 Å². The fourth-order valence-corrected chi connectivity index (χ4v) is 1.78. The molecule has 0 fully saturated rings. The minimum atomic E-state index is -0.759. The number of hydrogen-bond acceptors (Lipinski definition) is 1. The highest BCUT2D eigenvalue weighted by molar-refractivity contribution is 6.31. The van der Waals surface area contributed by atoms with E-state index in [-0.39, 0.29) is 5.92 Å². The van der Waals surface area contributed by atoms with Crippen LogP contribution < -0.4 is 0 Å². The molecule has 1 atom stereocenters. The number of rotatable bonds is 1. The van der Waals surface area contributed by atoms with Crippen molar-refractivity contribution in [2.24, 2.45) is 0 Å². The average molecular weight is 183 g/mol. The van der Waals surface area contributed by atoms with E-state index in [4.69, 9.17) is 16.7 Å². The molecule has 0 aliphatic heterocycles. The van der Waals surface area contributed by atoms with Crippen molar-refractivity contribution in [1.29, 1.82) is 0 Å². The first-order valence-corrected chi connectivity index (χ1v) is 4.08. The Hall–Kier alpha value is -1.02. The molecular formula is C9H7ClO2. The molecule has 0 saturated heterocycles. The van der Waals surface area contributed by atoms with Crippen LogP contribution in [0.4, 0.5) is 0 Å². The Bertz CT molecular complexity index is 346. The molecule has 0 saturated carbocycles. The van der Waals surface area contributed by atoms with Crippen LogP contribution in [0.25, 0.3) is 0 Å². The van der Waals surface area contributed by atoms with Gasteiger partial charge in [0.15, 0.2) is 0 Å². The van der Waals surface area contributed by atoms with Gasteiger partial charge in [-0.1, -0.05) is 23.7 Å². The minimum absolute atomic E-state index is 0.335. The molecule has 2 rings (SSSR count). The lowest BCUT2D eigenvalue weighted by Crippen LogP contribution is -2.24. The number of halogens is 1. The van der Waals surface area contributed by atoms with E-state index in [2.05, 4.69) is 0 Å². The predicted octanol–water partition coefficient (Wildman–Crippen LogP) is 2.06. The Morgan fingerprint density at radius 1 is 1.58 bits per heavy atom. The number of fused-ring (bicyclic) bond motifs is 1. The molecule has 0 bridgehead atoms. The second-order valence-electron chi connectivity index (χ2n) is 2.90. The summed E-state index contributed by atoms with van der Waals surface area (Å²) in [6.45, 7) is 0. The Morgan fingerprint density at radius 3 is 3.00 bits per heavy atom. The zero-order valence-electron chi connectivity index (χ0n) is 6.25. The molecule has 3 heteroatoms. The number of carboxylic acids is 1. The molecule has 1 aromatic rings. The van der Waals surface area contributed by atoms with E-state index >= 15 is 0 Å². The lowest BCUT2D eigenvalue weighted by atomic mass is 9.78. The lowest BCUT2D eigenvalue weighted by Gasteiger charge is -2.27. The smallest absolute Gasteiger partial charge is 0.311 e. The van der Waals surface area contributed by atoms with Gasteiger partial charge in [0.25, 0.3) is 0 Å². The highest BCUT2D eigenvalue weighted by atomic mass is 35.5. The van der Waals surface area contributed by atoms with Crippen LogP contribution in [-0.2, 0) is 11.2 Å². The molecule has 1 aliphatic carbocycles. The highest BCUT2D eigenvalue weighted by Gasteiger charge is 2.33. The Kier molecular flexibility index (Phi) is 1.58. The van der Waals surface area contributed by atoms with Gasteiger partial charge < -0.3 is 5.11 Å². The molecule has 2 nitrogen and oxygen atoms in total. The number of hydrogen-bond donors (Lipinski definition) is 1. The third-order valence-electron chi connectivity index (χ3n) is 2.24. The van der Waals surface area contributed by atoms with E-state index in [0.717, 1.165) is 11.1 Å². The van der Waals surface area contributed by atoms with Gasteiger partial charge in [0, 0.05) is 5.02 Å². The summed E-state index contributed by atoms with van der Waals surface area (Å²) >= 11 is 5.84. The topological polar surface area (TPSA) is 37.3 Å². The summed E-state index contributed by atoms with van der Waals surface area (Å²) in [7, 11) is 0. The first-order valence-electron chi connectivity index (χ1n) is 3.70. The van der Waals surface area contributed by atoms with E-state index in [0.29, 0.717) is 11.4 Å². The van der Waals surface area contributed by atoms with Crippen LogP contribution in [0.3, 0.4) is 0 Å². The third kappa shape index (κ3) is 0.916. The maximum absolute atomic E-state index is 10.6. The summed E-state index contributed by atoms with van der Waals surface area (Å²) < 4.78 is 0. The molecule has 1 N–H and O–H groups in total. The molecule has 1 aromatic carbocycles. The molecule has 62 valence electrons.